The van der Waals surface area contributed by atoms with Crippen molar-refractivity contribution in [3.63, 3.8) is 0 Å². The van der Waals surface area contributed by atoms with Crippen LogP contribution in [0.5, 0.6) is 0 Å². The van der Waals surface area contributed by atoms with Crippen molar-refractivity contribution < 1.29 is 28.6 Å². The van der Waals surface area contributed by atoms with Crippen LogP contribution in [0, 0.1) is 0 Å². The lowest BCUT2D eigenvalue weighted by Gasteiger charge is -2.18. The Labute approximate surface area is 395 Å². The minimum atomic E-state index is -0.790. The van der Waals surface area contributed by atoms with Gasteiger partial charge in [0.05, 0.1) is 0 Å². The molecule has 0 aliphatic rings. The molecule has 0 N–H and O–H groups in total. The van der Waals surface area contributed by atoms with Gasteiger partial charge in [0.2, 0.25) is 0 Å². The zero-order valence-corrected chi connectivity index (χ0v) is 42.0. The van der Waals surface area contributed by atoms with E-state index in [4.69, 9.17) is 14.2 Å². The molecule has 0 fully saturated rings. The lowest BCUT2D eigenvalue weighted by molar-refractivity contribution is -0.167. The molecule has 6 heteroatoms. The van der Waals surface area contributed by atoms with Gasteiger partial charge in [-0.25, -0.2) is 0 Å². The zero-order valence-electron chi connectivity index (χ0n) is 42.0. The van der Waals surface area contributed by atoms with Crippen molar-refractivity contribution in [2.45, 2.75) is 264 Å². The van der Waals surface area contributed by atoms with E-state index in [1.54, 1.807) is 0 Å². The summed E-state index contributed by atoms with van der Waals surface area (Å²) in [4.78, 5) is 38.0. The number of allylic oxidation sites excluding steroid dienone is 12. The van der Waals surface area contributed by atoms with Crippen LogP contribution in [-0.2, 0) is 28.6 Å². The van der Waals surface area contributed by atoms with E-state index >= 15 is 0 Å². The summed E-state index contributed by atoms with van der Waals surface area (Å²) in [6, 6.07) is 0. The fraction of sp³-hybridized carbons (Fsp3) is 0.741. The summed E-state index contributed by atoms with van der Waals surface area (Å²) in [5.74, 6) is -0.925. The highest BCUT2D eigenvalue weighted by Gasteiger charge is 2.19. The van der Waals surface area contributed by atoms with Crippen LogP contribution in [0.1, 0.15) is 258 Å². The topological polar surface area (TPSA) is 78.9 Å². The number of hydrogen-bond donors (Lipinski definition) is 0. The Morgan fingerprint density at radius 3 is 1.03 bits per heavy atom. The van der Waals surface area contributed by atoms with E-state index < -0.39 is 6.10 Å². The van der Waals surface area contributed by atoms with Gasteiger partial charge in [-0.3, -0.25) is 14.4 Å². The van der Waals surface area contributed by atoms with E-state index in [9.17, 15) is 14.4 Å². The molecule has 0 rings (SSSR count). The predicted molar refractivity (Wildman–Crippen MR) is 274 cm³/mol. The number of rotatable bonds is 48. The smallest absolute Gasteiger partial charge is 0.306 e. The van der Waals surface area contributed by atoms with Crippen LogP contribution in [0.3, 0.4) is 0 Å². The standard InChI is InChI=1S/C58H100O6/c1-4-7-10-13-16-19-22-24-26-28-29-30-32-33-36-39-42-45-48-51-57(60)63-54-55(53-62-56(59)50-47-44-41-38-35-21-18-15-12-9-6-3)64-58(61)52-49-46-43-40-37-34-31-27-25-23-20-17-14-11-8-5-2/h7,10,15-16,18-19,24,26,29-30,33,36,55H,4-6,8-9,11-14,17,20-23,25,27-28,31-32,34-35,37-54H2,1-3H3/b10-7-,18-15-,19-16-,26-24-,30-29-,36-33-/t55-/m1/s1. The van der Waals surface area contributed by atoms with Gasteiger partial charge in [0, 0.05) is 19.3 Å². The Hall–Kier alpha value is -3.15. The van der Waals surface area contributed by atoms with Gasteiger partial charge in [-0.2, -0.15) is 0 Å². The van der Waals surface area contributed by atoms with E-state index in [2.05, 4.69) is 93.7 Å². The Kier molecular flexibility index (Phi) is 49.9. The van der Waals surface area contributed by atoms with E-state index in [1.807, 2.05) is 0 Å². The third-order valence-electron chi connectivity index (χ3n) is 11.4. The third-order valence-corrected chi connectivity index (χ3v) is 11.4. The predicted octanol–water partition coefficient (Wildman–Crippen LogP) is 17.8. The van der Waals surface area contributed by atoms with E-state index in [0.717, 1.165) is 103 Å². The highest BCUT2D eigenvalue weighted by atomic mass is 16.6. The summed E-state index contributed by atoms with van der Waals surface area (Å²) in [6.45, 7) is 6.46. The molecule has 64 heavy (non-hydrogen) atoms. The lowest BCUT2D eigenvalue weighted by atomic mass is 10.0. The second-order valence-corrected chi connectivity index (χ2v) is 17.8. The van der Waals surface area contributed by atoms with Gasteiger partial charge in [0.25, 0.3) is 0 Å². The monoisotopic (exact) mass is 893 g/mol. The second-order valence-electron chi connectivity index (χ2n) is 17.8. The van der Waals surface area contributed by atoms with Crippen molar-refractivity contribution in [3.8, 4) is 0 Å². The van der Waals surface area contributed by atoms with Crippen molar-refractivity contribution in [3.05, 3.63) is 72.9 Å². The van der Waals surface area contributed by atoms with Crippen molar-refractivity contribution >= 4 is 17.9 Å². The number of carbonyl (C=O) groups is 3. The summed E-state index contributed by atoms with van der Waals surface area (Å²) in [5, 5.41) is 0. The fourth-order valence-electron chi connectivity index (χ4n) is 7.39. The zero-order chi connectivity index (χ0) is 46.5. The van der Waals surface area contributed by atoms with E-state index in [0.29, 0.717) is 19.3 Å². The molecular weight excluding hydrogens is 793 g/mol. The van der Waals surface area contributed by atoms with Gasteiger partial charge in [0.15, 0.2) is 6.10 Å². The molecule has 0 aliphatic heterocycles. The van der Waals surface area contributed by atoms with Crippen LogP contribution < -0.4 is 0 Å². The van der Waals surface area contributed by atoms with Crippen molar-refractivity contribution in [2.24, 2.45) is 0 Å². The lowest BCUT2D eigenvalue weighted by Crippen LogP contribution is -2.30. The summed E-state index contributed by atoms with van der Waals surface area (Å²) in [6.07, 6.45) is 66.0. The molecule has 0 aromatic rings. The number of esters is 3. The molecule has 0 saturated carbocycles. The summed E-state index contributed by atoms with van der Waals surface area (Å²) in [5.41, 5.74) is 0. The number of hydrogen-bond acceptors (Lipinski definition) is 6. The third kappa shape index (κ3) is 49.9. The van der Waals surface area contributed by atoms with Crippen LogP contribution in [0.15, 0.2) is 72.9 Å². The van der Waals surface area contributed by atoms with Crippen LogP contribution in [0.2, 0.25) is 0 Å². The largest absolute Gasteiger partial charge is 0.462 e. The molecule has 0 saturated heterocycles. The Morgan fingerprint density at radius 2 is 0.625 bits per heavy atom. The molecule has 0 heterocycles. The molecule has 0 aromatic heterocycles. The molecular formula is C58H100O6. The van der Waals surface area contributed by atoms with Gasteiger partial charge in [-0.1, -0.05) is 229 Å². The molecule has 0 unspecified atom stereocenters. The van der Waals surface area contributed by atoms with Gasteiger partial charge in [-0.15, -0.1) is 0 Å². The van der Waals surface area contributed by atoms with E-state index in [1.165, 1.54) is 116 Å². The molecule has 6 nitrogen and oxygen atoms in total. The average molecular weight is 893 g/mol. The van der Waals surface area contributed by atoms with Crippen LogP contribution in [0.4, 0.5) is 0 Å². The Balaban J connectivity index is 4.41. The fourth-order valence-corrected chi connectivity index (χ4v) is 7.39. The van der Waals surface area contributed by atoms with Crippen molar-refractivity contribution in [1.82, 2.24) is 0 Å². The minimum absolute atomic E-state index is 0.0889. The Morgan fingerprint density at radius 1 is 0.328 bits per heavy atom. The molecule has 0 aliphatic carbocycles. The first-order valence-electron chi connectivity index (χ1n) is 26.9. The summed E-state index contributed by atoms with van der Waals surface area (Å²) < 4.78 is 16.8. The quantitative estimate of drug-likeness (QED) is 0.0262. The first-order valence-corrected chi connectivity index (χ1v) is 26.9. The second kappa shape index (κ2) is 52.5. The molecule has 368 valence electrons. The average Bonchev–Trinajstić information content (AvgIpc) is 3.29. The SMILES string of the molecule is CC/C=C\C/C=C\C/C=C\C/C=C\C/C=C\CCCCCC(=O)OC[C@@H](COC(=O)CCCCCCC/C=C\CCCC)OC(=O)CCCCCCCCCCCCCCCCCC. The van der Waals surface area contributed by atoms with Gasteiger partial charge in [0.1, 0.15) is 13.2 Å². The van der Waals surface area contributed by atoms with Gasteiger partial charge >= 0.3 is 17.9 Å². The molecule has 0 bridgehead atoms. The highest BCUT2D eigenvalue weighted by Crippen LogP contribution is 2.15. The van der Waals surface area contributed by atoms with Crippen LogP contribution >= 0.6 is 0 Å². The normalized spacial score (nSPS) is 12.6. The van der Waals surface area contributed by atoms with Gasteiger partial charge in [-0.05, 0) is 83.5 Å². The van der Waals surface area contributed by atoms with Crippen molar-refractivity contribution in [2.75, 3.05) is 13.2 Å². The first kappa shape index (κ1) is 60.9. The van der Waals surface area contributed by atoms with Gasteiger partial charge < -0.3 is 14.2 Å². The summed E-state index contributed by atoms with van der Waals surface area (Å²) in [7, 11) is 0. The number of carbonyl (C=O) groups excluding carboxylic acids is 3. The summed E-state index contributed by atoms with van der Waals surface area (Å²) >= 11 is 0. The maximum Gasteiger partial charge on any atom is 0.306 e. The molecule has 0 amide bonds. The number of unbranched alkanes of at least 4 members (excludes halogenated alkanes) is 25. The highest BCUT2D eigenvalue weighted by molar-refractivity contribution is 5.71. The molecule has 0 aromatic carbocycles. The maximum absolute atomic E-state index is 12.8. The Bertz CT molecular complexity index is 1210. The first-order chi connectivity index (χ1) is 31.5. The van der Waals surface area contributed by atoms with Crippen LogP contribution in [0.25, 0.3) is 0 Å². The maximum atomic E-state index is 12.8. The molecule has 0 radical (unpaired) electrons. The van der Waals surface area contributed by atoms with Crippen molar-refractivity contribution in [1.29, 1.82) is 0 Å². The van der Waals surface area contributed by atoms with E-state index in [-0.39, 0.29) is 31.1 Å². The molecule has 0 spiro atoms. The van der Waals surface area contributed by atoms with Crippen LogP contribution in [-0.4, -0.2) is 37.2 Å². The minimum Gasteiger partial charge on any atom is -0.462 e. The number of ether oxygens (including phenoxy) is 3. The molecule has 1 atom stereocenters.